The Morgan fingerprint density at radius 1 is 1.05 bits per heavy atom. The largest absolute Gasteiger partial charge is 0.326 e. The summed E-state index contributed by atoms with van der Waals surface area (Å²) in [5.41, 5.74) is 3.21. The minimum Gasteiger partial charge on any atom is -0.326 e. The lowest BCUT2D eigenvalue weighted by Gasteiger charge is -2.09. The van der Waals surface area contributed by atoms with Gasteiger partial charge in [0.15, 0.2) is 0 Å². The van der Waals surface area contributed by atoms with Gasteiger partial charge >= 0.3 is 0 Å². The molecule has 0 aromatic heterocycles. The van der Waals surface area contributed by atoms with E-state index < -0.39 is 0 Å². The molecular formula is C17H26BrNO. The van der Waals surface area contributed by atoms with Crippen LogP contribution >= 0.6 is 15.9 Å². The van der Waals surface area contributed by atoms with Crippen molar-refractivity contribution in [3.05, 3.63) is 27.7 Å². The van der Waals surface area contributed by atoms with Gasteiger partial charge in [-0.1, -0.05) is 55.0 Å². The van der Waals surface area contributed by atoms with E-state index in [1.807, 2.05) is 26.0 Å². The number of hydrogen-bond donors (Lipinski definition) is 1. The first kappa shape index (κ1) is 17.2. The number of nitrogens with one attached hydrogen (secondary N) is 1. The first-order valence-electron chi connectivity index (χ1n) is 7.61. The third kappa shape index (κ3) is 6.08. The van der Waals surface area contributed by atoms with Crippen molar-refractivity contribution in [1.82, 2.24) is 0 Å². The van der Waals surface area contributed by atoms with E-state index in [0.717, 1.165) is 34.1 Å². The zero-order chi connectivity index (χ0) is 15.0. The van der Waals surface area contributed by atoms with Gasteiger partial charge in [0, 0.05) is 16.6 Å². The van der Waals surface area contributed by atoms with E-state index in [2.05, 4.69) is 28.2 Å². The number of hydrogen-bond acceptors (Lipinski definition) is 1. The molecule has 1 aromatic rings. The Kier molecular flexibility index (Phi) is 7.90. The minimum atomic E-state index is 0.126. The molecule has 2 nitrogen and oxygen atoms in total. The predicted octanol–water partition coefficient (Wildman–Crippen LogP) is 5.76. The Hall–Kier alpha value is -0.830. The van der Waals surface area contributed by atoms with Crippen LogP contribution in [0.1, 0.15) is 63.0 Å². The molecule has 0 aliphatic heterocycles. The lowest BCUT2D eigenvalue weighted by atomic mass is 10.1. The topological polar surface area (TPSA) is 29.1 Å². The highest BCUT2D eigenvalue weighted by molar-refractivity contribution is 9.10. The van der Waals surface area contributed by atoms with Gasteiger partial charge < -0.3 is 5.32 Å². The molecular weight excluding hydrogens is 314 g/mol. The van der Waals surface area contributed by atoms with Crippen LogP contribution in [0.3, 0.4) is 0 Å². The van der Waals surface area contributed by atoms with Gasteiger partial charge in [0.2, 0.25) is 5.91 Å². The van der Waals surface area contributed by atoms with Crippen molar-refractivity contribution in [1.29, 1.82) is 0 Å². The van der Waals surface area contributed by atoms with Gasteiger partial charge in [-0.2, -0.15) is 0 Å². The fraction of sp³-hybridized carbons (Fsp3) is 0.588. The number of anilines is 1. The third-order valence-corrected chi connectivity index (χ3v) is 4.73. The Bertz CT molecular complexity index is 420. The summed E-state index contributed by atoms with van der Waals surface area (Å²) in [4.78, 5) is 11.9. The fourth-order valence-corrected chi connectivity index (χ4v) is 2.54. The van der Waals surface area contributed by atoms with Crippen molar-refractivity contribution in [2.24, 2.45) is 0 Å². The molecule has 0 heterocycles. The lowest BCUT2D eigenvalue weighted by molar-refractivity contribution is -0.116. The normalized spacial score (nSPS) is 10.6. The van der Waals surface area contributed by atoms with E-state index in [0.29, 0.717) is 6.42 Å². The minimum absolute atomic E-state index is 0.126. The number of unbranched alkanes of at least 4 members (excludes halogenated alkanes) is 5. The van der Waals surface area contributed by atoms with Gasteiger partial charge in [-0.25, -0.2) is 0 Å². The van der Waals surface area contributed by atoms with E-state index in [1.54, 1.807) is 0 Å². The number of rotatable bonds is 8. The molecule has 1 rings (SSSR count). The van der Waals surface area contributed by atoms with Crippen molar-refractivity contribution in [2.45, 2.75) is 65.7 Å². The molecule has 1 N–H and O–H groups in total. The van der Waals surface area contributed by atoms with Crippen molar-refractivity contribution in [2.75, 3.05) is 5.32 Å². The Morgan fingerprint density at radius 2 is 1.60 bits per heavy atom. The molecule has 0 aliphatic rings. The molecule has 3 heteroatoms. The number of carbonyl (C=O) groups is 1. The SMILES string of the molecule is CCCCCCCCC(=O)Nc1cc(C)c(Br)c(C)c1. The lowest BCUT2D eigenvalue weighted by Crippen LogP contribution is -2.11. The highest BCUT2D eigenvalue weighted by Gasteiger charge is 2.06. The van der Waals surface area contributed by atoms with Crippen LogP contribution in [-0.4, -0.2) is 5.91 Å². The van der Waals surface area contributed by atoms with Gasteiger partial charge in [-0.15, -0.1) is 0 Å². The number of benzene rings is 1. The first-order chi connectivity index (χ1) is 9.54. The summed E-state index contributed by atoms with van der Waals surface area (Å²) in [6, 6.07) is 4.02. The molecule has 0 bridgehead atoms. The van der Waals surface area contributed by atoms with E-state index in [-0.39, 0.29) is 5.91 Å². The van der Waals surface area contributed by atoms with Gasteiger partial charge in [0.25, 0.3) is 0 Å². The summed E-state index contributed by atoms with van der Waals surface area (Å²) < 4.78 is 1.12. The Labute approximate surface area is 131 Å². The fourth-order valence-electron chi connectivity index (χ4n) is 2.31. The molecule has 1 amide bonds. The van der Waals surface area contributed by atoms with Crippen LogP contribution in [-0.2, 0) is 4.79 Å². The molecule has 0 fully saturated rings. The van der Waals surface area contributed by atoms with Gasteiger partial charge in [-0.05, 0) is 43.5 Å². The van der Waals surface area contributed by atoms with Crippen LogP contribution in [0.5, 0.6) is 0 Å². The first-order valence-corrected chi connectivity index (χ1v) is 8.40. The van der Waals surface area contributed by atoms with E-state index in [1.165, 1.54) is 25.7 Å². The van der Waals surface area contributed by atoms with Gasteiger partial charge in [0.05, 0.1) is 0 Å². The molecule has 0 saturated heterocycles. The van der Waals surface area contributed by atoms with E-state index in [9.17, 15) is 4.79 Å². The zero-order valence-corrected chi connectivity index (χ0v) is 14.5. The van der Waals surface area contributed by atoms with Crippen LogP contribution < -0.4 is 5.32 Å². The molecule has 0 unspecified atom stereocenters. The monoisotopic (exact) mass is 339 g/mol. The summed E-state index contributed by atoms with van der Waals surface area (Å²) in [6.45, 7) is 6.30. The molecule has 0 aliphatic carbocycles. The van der Waals surface area contributed by atoms with Crippen molar-refractivity contribution >= 4 is 27.5 Å². The maximum absolute atomic E-state index is 11.9. The number of halogens is 1. The average Bonchev–Trinajstić information content (AvgIpc) is 2.40. The summed E-state index contributed by atoms with van der Waals surface area (Å²) in [5, 5.41) is 2.99. The Morgan fingerprint density at radius 3 is 2.20 bits per heavy atom. The van der Waals surface area contributed by atoms with Crippen LogP contribution in [0, 0.1) is 13.8 Å². The second-order valence-corrected chi connectivity index (χ2v) is 6.28. The quantitative estimate of drug-likeness (QED) is 0.599. The van der Waals surface area contributed by atoms with Gasteiger partial charge in [-0.3, -0.25) is 4.79 Å². The maximum Gasteiger partial charge on any atom is 0.224 e. The summed E-state index contributed by atoms with van der Waals surface area (Å²) >= 11 is 3.54. The van der Waals surface area contributed by atoms with E-state index in [4.69, 9.17) is 0 Å². The van der Waals surface area contributed by atoms with Crippen LogP contribution in [0.15, 0.2) is 16.6 Å². The van der Waals surface area contributed by atoms with Crippen LogP contribution in [0.2, 0.25) is 0 Å². The predicted molar refractivity (Wildman–Crippen MR) is 90.2 cm³/mol. The summed E-state index contributed by atoms with van der Waals surface area (Å²) in [7, 11) is 0. The summed E-state index contributed by atoms with van der Waals surface area (Å²) in [5.74, 6) is 0.126. The standard InChI is InChI=1S/C17H26BrNO/c1-4-5-6-7-8-9-10-16(20)19-15-11-13(2)17(18)14(3)12-15/h11-12H,4-10H2,1-3H3,(H,19,20). The molecule has 1 aromatic carbocycles. The zero-order valence-electron chi connectivity index (χ0n) is 12.9. The van der Waals surface area contributed by atoms with Crippen molar-refractivity contribution in [3.63, 3.8) is 0 Å². The Balaban J connectivity index is 2.32. The van der Waals surface area contributed by atoms with Crippen molar-refractivity contribution in [3.8, 4) is 0 Å². The molecule has 112 valence electrons. The third-order valence-electron chi connectivity index (χ3n) is 3.48. The van der Waals surface area contributed by atoms with Crippen molar-refractivity contribution < 1.29 is 4.79 Å². The maximum atomic E-state index is 11.9. The number of amides is 1. The smallest absolute Gasteiger partial charge is 0.224 e. The second kappa shape index (κ2) is 9.17. The molecule has 20 heavy (non-hydrogen) atoms. The molecule has 0 saturated carbocycles. The van der Waals surface area contributed by atoms with Crippen LogP contribution in [0.4, 0.5) is 5.69 Å². The summed E-state index contributed by atoms with van der Waals surface area (Å²) in [6.07, 6.45) is 7.89. The highest BCUT2D eigenvalue weighted by atomic mass is 79.9. The molecule has 0 atom stereocenters. The molecule has 0 radical (unpaired) electrons. The highest BCUT2D eigenvalue weighted by Crippen LogP contribution is 2.25. The van der Waals surface area contributed by atoms with Crippen LogP contribution in [0.25, 0.3) is 0 Å². The molecule has 0 spiro atoms. The van der Waals surface area contributed by atoms with E-state index >= 15 is 0 Å². The second-order valence-electron chi connectivity index (χ2n) is 5.49. The average molecular weight is 340 g/mol. The van der Waals surface area contributed by atoms with Gasteiger partial charge in [0.1, 0.15) is 0 Å². The number of aryl methyl sites for hydroxylation is 2. The number of carbonyl (C=O) groups excluding carboxylic acids is 1.